The van der Waals surface area contributed by atoms with Gasteiger partial charge in [-0.15, -0.1) is 0 Å². The van der Waals surface area contributed by atoms with Crippen molar-refractivity contribution in [3.63, 3.8) is 0 Å². The van der Waals surface area contributed by atoms with Crippen molar-refractivity contribution in [2.45, 2.75) is 25.7 Å². The molecule has 1 unspecified atom stereocenters. The number of pyridine rings is 1. The highest BCUT2D eigenvalue weighted by Gasteiger charge is 2.35. The first-order valence-electron chi connectivity index (χ1n) is 7.39. The summed E-state index contributed by atoms with van der Waals surface area (Å²) in [5.74, 6) is -1.16. The summed E-state index contributed by atoms with van der Waals surface area (Å²) in [4.78, 5) is 31.0. The minimum Gasteiger partial charge on any atom is -0.481 e. The number of hydrogen-bond donors (Lipinski definition) is 1. The van der Waals surface area contributed by atoms with E-state index in [0.717, 1.165) is 18.8 Å². The van der Waals surface area contributed by atoms with Crippen LogP contribution in [0, 0.1) is 5.92 Å². The minimum absolute atomic E-state index is 0.0604. The van der Waals surface area contributed by atoms with E-state index in [1.54, 1.807) is 6.20 Å². The number of amides is 1. The summed E-state index contributed by atoms with van der Waals surface area (Å²) in [6.07, 6.45) is 5.52. The molecule has 112 valence electrons. The number of rotatable bonds is 3. The van der Waals surface area contributed by atoms with Crippen LogP contribution < -0.4 is 9.80 Å². The molecule has 0 saturated carbocycles. The molecule has 21 heavy (non-hydrogen) atoms. The van der Waals surface area contributed by atoms with Gasteiger partial charge < -0.3 is 10.0 Å². The Hall–Kier alpha value is -2.11. The van der Waals surface area contributed by atoms with Crippen LogP contribution in [0.15, 0.2) is 18.3 Å². The van der Waals surface area contributed by atoms with E-state index < -0.39 is 11.9 Å². The van der Waals surface area contributed by atoms with E-state index in [9.17, 15) is 9.59 Å². The quantitative estimate of drug-likeness (QED) is 0.913. The third kappa shape index (κ3) is 2.84. The van der Waals surface area contributed by atoms with Crippen molar-refractivity contribution in [1.29, 1.82) is 0 Å². The molecule has 3 rings (SSSR count). The fourth-order valence-corrected chi connectivity index (χ4v) is 2.97. The van der Waals surface area contributed by atoms with Gasteiger partial charge in [0.1, 0.15) is 5.82 Å². The van der Waals surface area contributed by atoms with Crippen molar-refractivity contribution in [1.82, 2.24) is 4.98 Å². The lowest BCUT2D eigenvalue weighted by atomic mass is 10.1. The number of carbonyl (C=O) groups is 2. The summed E-state index contributed by atoms with van der Waals surface area (Å²) in [5.41, 5.74) is 1.07. The number of piperidine rings is 1. The van der Waals surface area contributed by atoms with Crippen LogP contribution in [0.1, 0.15) is 25.7 Å². The third-order valence-electron chi connectivity index (χ3n) is 4.20. The average molecular weight is 289 g/mol. The smallest absolute Gasteiger partial charge is 0.308 e. The highest BCUT2D eigenvalue weighted by molar-refractivity contribution is 5.98. The maximum atomic E-state index is 11.9. The lowest BCUT2D eigenvalue weighted by Crippen LogP contribution is -2.30. The number of carbonyl (C=O) groups excluding carboxylic acids is 1. The van der Waals surface area contributed by atoms with Crippen molar-refractivity contribution >= 4 is 23.4 Å². The zero-order valence-electron chi connectivity index (χ0n) is 11.9. The summed E-state index contributed by atoms with van der Waals surface area (Å²) < 4.78 is 0. The second kappa shape index (κ2) is 5.71. The van der Waals surface area contributed by atoms with Crippen LogP contribution in [0.4, 0.5) is 11.5 Å². The Kier molecular flexibility index (Phi) is 3.77. The third-order valence-corrected chi connectivity index (χ3v) is 4.20. The van der Waals surface area contributed by atoms with Crippen molar-refractivity contribution in [2.24, 2.45) is 5.92 Å². The van der Waals surface area contributed by atoms with Crippen LogP contribution in [0.5, 0.6) is 0 Å². The number of hydrogen-bond acceptors (Lipinski definition) is 4. The molecule has 2 aliphatic rings. The first-order valence-corrected chi connectivity index (χ1v) is 7.39. The molecule has 6 nitrogen and oxygen atoms in total. The Morgan fingerprint density at radius 1 is 1.24 bits per heavy atom. The molecule has 1 N–H and O–H groups in total. The molecule has 1 atom stereocenters. The molecule has 0 bridgehead atoms. The van der Waals surface area contributed by atoms with Crippen LogP contribution in [-0.2, 0) is 9.59 Å². The lowest BCUT2D eigenvalue weighted by Gasteiger charge is -2.28. The predicted octanol–water partition coefficient (Wildman–Crippen LogP) is 1.51. The van der Waals surface area contributed by atoms with Crippen molar-refractivity contribution in [2.75, 3.05) is 29.4 Å². The molecular formula is C15H19N3O3. The van der Waals surface area contributed by atoms with Gasteiger partial charge >= 0.3 is 5.97 Å². The maximum Gasteiger partial charge on any atom is 0.308 e. The van der Waals surface area contributed by atoms with E-state index in [4.69, 9.17) is 5.11 Å². The number of anilines is 2. The molecule has 0 aromatic carbocycles. The summed E-state index contributed by atoms with van der Waals surface area (Å²) in [6, 6.07) is 3.78. The predicted molar refractivity (Wildman–Crippen MR) is 78.4 cm³/mol. The Morgan fingerprint density at radius 2 is 2.00 bits per heavy atom. The molecular weight excluding hydrogens is 270 g/mol. The second-order valence-corrected chi connectivity index (χ2v) is 5.67. The Balaban J connectivity index is 1.72. The summed E-state index contributed by atoms with van der Waals surface area (Å²) >= 11 is 0. The van der Waals surface area contributed by atoms with Gasteiger partial charge in [-0.05, 0) is 31.4 Å². The Labute approximate surface area is 123 Å². The zero-order valence-corrected chi connectivity index (χ0v) is 11.9. The van der Waals surface area contributed by atoms with Crippen LogP contribution >= 0.6 is 0 Å². The Bertz CT molecular complexity index is 538. The molecule has 0 spiro atoms. The highest BCUT2D eigenvalue weighted by Crippen LogP contribution is 2.26. The number of carboxylic acid groups (broad SMARTS) is 1. The van der Waals surface area contributed by atoms with Crippen molar-refractivity contribution < 1.29 is 14.7 Å². The van der Waals surface area contributed by atoms with Gasteiger partial charge in [-0.3, -0.25) is 14.5 Å². The molecule has 2 saturated heterocycles. The van der Waals surface area contributed by atoms with Crippen LogP contribution in [0.25, 0.3) is 0 Å². The fourth-order valence-electron chi connectivity index (χ4n) is 2.97. The van der Waals surface area contributed by atoms with Crippen molar-refractivity contribution in [3.05, 3.63) is 18.3 Å². The summed E-state index contributed by atoms with van der Waals surface area (Å²) in [6.45, 7) is 2.31. The number of carboxylic acids is 1. The van der Waals surface area contributed by atoms with E-state index in [2.05, 4.69) is 9.88 Å². The lowest BCUT2D eigenvalue weighted by molar-refractivity contribution is -0.141. The number of nitrogens with zero attached hydrogens (tertiary/aromatic N) is 3. The molecule has 2 fully saturated rings. The SMILES string of the molecule is O=C(O)C1CC(=O)N(c2ccc(N3CCCCC3)cn2)C1. The van der Waals surface area contributed by atoms with E-state index in [0.29, 0.717) is 5.82 Å². The molecule has 0 aliphatic carbocycles. The van der Waals surface area contributed by atoms with Gasteiger partial charge in [-0.25, -0.2) is 4.98 Å². The first-order chi connectivity index (χ1) is 10.1. The molecule has 1 aromatic rings. The minimum atomic E-state index is -0.921. The van der Waals surface area contributed by atoms with Gasteiger partial charge in [0, 0.05) is 26.1 Å². The van der Waals surface area contributed by atoms with Crippen LogP contribution in [0.2, 0.25) is 0 Å². The van der Waals surface area contributed by atoms with Crippen LogP contribution in [-0.4, -0.2) is 41.6 Å². The van der Waals surface area contributed by atoms with E-state index in [1.807, 2.05) is 12.1 Å². The second-order valence-electron chi connectivity index (χ2n) is 5.67. The largest absolute Gasteiger partial charge is 0.481 e. The van der Waals surface area contributed by atoms with Gasteiger partial charge in [0.2, 0.25) is 5.91 Å². The average Bonchev–Trinajstić information content (AvgIpc) is 2.91. The van der Waals surface area contributed by atoms with Gasteiger partial charge in [0.05, 0.1) is 17.8 Å². The molecule has 1 amide bonds. The van der Waals surface area contributed by atoms with Crippen molar-refractivity contribution in [3.8, 4) is 0 Å². The molecule has 0 radical (unpaired) electrons. The highest BCUT2D eigenvalue weighted by atomic mass is 16.4. The topological polar surface area (TPSA) is 73.7 Å². The molecule has 3 heterocycles. The number of aromatic nitrogens is 1. The molecule has 2 aliphatic heterocycles. The maximum absolute atomic E-state index is 11.9. The van der Waals surface area contributed by atoms with Crippen LogP contribution in [0.3, 0.4) is 0 Å². The first kappa shape index (κ1) is 13.9. The number of aliphatic carboxylic acids is 1. The van der Waals surface area contributed by atoms with E-state index >= 15 is 0 Å². The van der Waals surface area contributed by atoms with Gasteiger partial charge in [0.15, 0.2) is 0 Å². The zero-order chi connectivity index (χ0) is 14.8. The molecule has 6 heteroatoms. The summed E-state index contributed by atoms with van der Waals surface area (Å²) in [7, 11) is 0. The fraction of sp³-hybridized carbons (Fsp3) is 0.533. The monoisotopic (exact) mass is 289 g/mol. The Morgan fingerprint density at radius 3 is 2.57 bits per heavy atom. The van der Waals surface area contributed by atoms with E-state index in [-0.39, 0.29) is 18.9 Å². The normalized spacial score (nSPS) is 22.7. The van der Waals surface area contributed by atoms with E-state index in [1.165, 1.54) is 24.2 Å². The standard InChI is InChI=1S/C15H19N3O3/c19-14-8-11(15(20)21)10-18(14)13-5-4-12(9-16-13)17-6-2-1-3-7-17/h4-5,9,11H,1-3,6-8,10H2,(H,20,21). The van der Waals surface area contributed by atoms with Gasteiger partial charge in [-0.2, -0.15) is 0 Å². The molecule has 1 aromatic heterocycles. The summed E-state index contributed by atoms with van der Waals surface area (Å²) in [5, 5.41) is 9.00. The van der Waals surface area contributed by atoms with Gasteiger partial charge in [-0.1, -0.05) is 0 Å². The van der Waals surface area contributed by atoms with Gasteiger partial charge in [0.25, 0.3) is 0 Å².